The minimum atomic E-state index is -0.477. The number of hydrogen-bond donors (Lipinski definition) is 1. The molecule has 1 aromatic heterocycles. The van der Waals surface area contributed by atoms with Crippen LogP contribution in [0.25, 0.3) is 0 Å². The summed E-state index contributed by atoms with van der Waals surface area (Å²) in [6, 6.07) is 15.2. The van der Waals surface area contributed by atoms with Crippen LogP contribution in [0.2, 0.25) is 0 Å². The van der Waals surface area contributed by atoms with Crippen LogP contribution in [0.4, 0.5) is 0 Å². The number of carbonyl (C=O) groups is 2. The lowest BCUT2D eigenvalue weighted by atomic mass is 10.1. The third-order valence-corrected chi connectivity index (χ3v) is 4.00. The molecule has 0 unspecified atom stereocenters. The number of pyridine rings is 1. The summed E-state index contributed by atoms with van der Waals surface area (Å²) in [5, 5.41) is 3.93. The number of esters is 1. The molecular formula is C22H19N3O4. The number of hydrogen-bond acceptors (Lipinski definition) is 6. The normalized spacial score (nSPS) is 10.6. The highest BCUT2D eigenvalue weighted by Gasteiger charge is 2.12. The van der Waals surface area contributed by atoms with Crippen LogP contribution in [0.15, 0.2) is 72.1 Å². The molecule has 0 radical (unpaired) electrons. The first kappa shape index (κ1) is 19.8. The zero-order valence-corrected chi connectivity index (χ0v) is 16.0. The monoisotopic (exact) mass is 389 g/mol. The average molecular weight is 389 g/mol. The first-order valence-electron chi connectivity index (χ1n) is 8.77. The third kappa shape index (κ3) is 5.26. The SMILES string of the molecule is COc1cc(/C=N\NC(=O)c2ccncc2)ccc1OC(=O)c1ccc(C)cc1. The van der Waals surface area contributed by atoms with Crippen LogP contribution in [0, 0.1) is 6.92 Å². The summed E-state index contributed by atoms with van der Waals surface area (Å²) in [4.78, 5) is 28.1. The van der Waals surface area contributed by atoms with Crippen molar-refractivity contribution >= 4 is 18.1 Å². The largest absolute Gasteiger partial charge is 0.493 e. The van der Waals surface area contributed by atoms with E-state index in [4.69, 9.17) is 9.47 Å². The van der Waals surface area contributed by atoms with Crippen molar-refractivity contribution in [2.75, 3.05) is 7.11 Å². The van der Waals surface area contributed by atoms with E-state index in [0.717, 1.165) is 5.56 Å². The molecule has 0 bridgehead atoms. The van der Waals surface area contributed by atoms with Gasteiger partial charge in [0.1, 0.15) is 0 Å². The summed E-state index contributed by atoms with van der Waals surface area (Å²) in [7, 11) is 1.48. The Hall–Kier alpha value is -4.00. The van der Waals surface area contributed by atoms with Gasteiger partial charge >= 0.3 is 5.97 Å². The highest BCUT2D eigenvalue weighted by molar-refractivity contribution is 5.95. The van der Waals surface area contributed by atoms with Gasteiger partial charge in [0, 0.05) is 18.0 Å². The Kier molecular flexibility index (Phi) is 6.32. The topological polar surface area (TPSA) is 89.9 Å². The highest BCUT2D eigenvalue weighted by atomic mass is 16.6. The van der Waals surface area contributed by atoms with E-state index in [0.29, 0.717) is 22.4 Å². The number of ether oxygens (including phenoxy) is 2. The average Bonchev–Trinajstić information content (AvgIpc) is 2.75. The van der Waals surface area contributed by atoms with Gasteiger partial charge in [0.25, 0.3) is 5.91 Å². The first-order chi connectivity index (χ1) is 14.1. The number of methoxy groups -OCH3 is 1. The van der Waals surface area contributed by atoms with E-state index in [1.165, 1.54) is 25.7 Å². The molecule has 0 saturated carbocycles. The van der Waals surface area contributed by atoms with E-state index in [1.54, 1.807) is 42.5 Å². The summed E-state index contributed by atoms with van der Waals surface area (Å²) >= 11 is 0. The quantitative estimate of drug-likeness (QED) is 0.302. The predicted molar refractivity (Wildman–Crippen MR) is 108 cm³/mol. The van der Waals surface area contributed by atoms with Gasteiger partial charge in [-0.25, -0.2) is 10.2 Å². The minimum Gasteiger partial charge on any atom is -0.493 e. The Labute approximate surface area is 168 Å². The second-order valence-corrected chi connectivity index (χ2v) is 6.10. The molecule has 1 N–H and O–H groups in total. The van der Waals surface area contributed by atoms with Crippen LogP contribution < -0.4 is 14.9 Å². The number of nitrogens with zero attached hydrogens (tertiary/aromatic N) is 2. The Morgan fingerprint density at radius 3 is 2.38 bits per heavy atom. The van der Waals surface area contributed by atoms with Crippen molar-refractivity contribution in [2.24, 2.45) is 5.10 Å². The molecule has 29 heavy (non-hydrogen) atoms. The second-order valence-electron chi connectivity index (χ2n) is 6.10. The first-order valence-corrected chi connectivity index (χ1v) is 8.77. The fourth-order valence-electron chi connectivity index (χ4n) is 2.43. The van der Waals surface area contributed by atoms with Gasteiger partial charge in [0.05, 0.1) is 18.9 Å². The van der Waals surface area contributed by atoms with Gasteiger partial charge in [-0.2, -0.15) is 5.10 Å². The molecule has 1 amide bonds. The lowest BCUT2D eigenvalue weighted by molar-refractivity contribution is 0.0729. The number of hydrazone groups is 1. The van der Waals surface area contributed by atoms with Gasteiger partial charge in [0.15, 0.2) is 11.5 Å². The molecule has 3 rings (SSSR count). The molecule has 0 fully saturated rings. The Morgan fingerprint density at radius 2 is 1.69 bits per heavy atom. The summed E-state index contributed by atoms with van der Waals surface area (Å²) in [5.41, 5.74) is 5.05. The maximum atomic E-state index is 12.3. The van der Waals surface area contributed by atoms with Gasteiger partial charge < -0.3 is 9.47 Å². The minimum absolute atomic E-state index is 0.288. The molecule has 0 saturated heterocycles. The maximum absolute atomic E-state index is 12.3. The maximum Gasteiger partial charge on any atom is 0.343 e. The van der Waals surface area contributed by atoms with Crippen molar-refractivity contribution < 1.29 is 19.1 Å². The van der Waals surface area contributed by atoms with Crippen molar-refractivity contribution in [1.29, 1.82) is 0 Å². The van der Waals surface area contributed by atoms with Crippen molar-refractivity contribution in [3.05, 3.63) is 89.2 Å². The molecular weight excluding hydrogens is 370 g/mol. The molecule has 3 aromatic rings. The van der Waals surface area contributed by atoms with Crippen molar-refractivity contribution in [1.82, 2.24) is 10.4 Å². The molecule has 7 heteroatoms. The summed E-state index contributed by atoms with van der Waals surface area (Å²) in [6.45, 7) is 1.94. The van der Waals surface area contributed by atoms with Gasteiger partial charge in [-0.3, -0.25) is 9.78 Å². The number of aryl methyl sites for hydroxylation is 1. The predicted octanol–water partition coefficient (Wildman–Crippen LogP) is 3.38. The van der Waals surface area contributed by atoms with Crippen molar-refractivity contribution in [2.45, 2.75) is 6.92 Å². The van der Waals surface area contributed by atoms with Crippen LogP contribution in [0.5, 0.6) is 11.5 Å². The summed E-state index contributed by atoms with van der Waals surface area (Å²) < 4.78 is 10.7. The van der Waals surface area contributed by atoms with Crippen LogP contribution in [-0.4, -0.2) is 30.2 Å². The Bertz CT molecular complexity index is 1030. The number of nitrogens with one attached hydrogen (secondary N) is 1. The standard InChI is InChI=1S/C22H19N3O4/c1-15-3-6-18(7-4-15)22(27)29-19-8-5-16(13-20(19)28-2)14-24-25-21(26)17-9-11-23-12-10-17/h3-14H,1-2H3,(H,25,26)/b24-14-. The lowest BCUT2D eigenvalue weighted by Gasteiger charge is -2.10. The van der Waals surface area contributed by atoms with Crippen molar-refractivity contribution in [3.8, 4) is 11.5 Å². The van der Waals surface area contributed by atoms with E-state index >= 15 is 0 Å². The van der Waals surface area contributed by atoms with Gasteiger partial charge in [-0.1, -0.05) is 17.7 Å². The highest BCUT2D eigenvalue weighted by Crippen LogP contribution is 2.28. The number of carbonyl (C=O) groups excluding carboxylic acids is 2. The molecule has 0 aliphatic heterocycles. The smallest absolute Gasteiger partial charge is 0.343 e. The molecule has 1 heterocycles. The van der Waals surface area contributed by atoms with Gasteiger partial charge in [-0.05, 0) is 55.0 Å². The van der Waals surface area contributed by atoms with Gasteiger partial charge in [-0.15, -0.1) is 0 Å². The summed E-state index contributed by atoms with van der Waals surface area (Å²) in [5.74, 6) is -0.167. The molecule has 146 valence electrons. The van der Waals surface area contributed by atoms with Crippen LogP contribution >= 0.6 is 0 Å². The molecule has 2 aromatic carbocycles. The zero-order chi connectivity index (χ0) is 20.6. The van der Waals surface area contributed by atoms with Crippen LogP contribution in [0.1, 0.15) is 31.8 Å². The fraction of sp³-hybridized carbons (Fsp3) is 0.0909. The lowest BCUT2D eigenvalue weighted by Crippen LogP contribution is -2.17. The molecule has 0 aliphatic carbocycles. The summed E-state index contributed by atoms with van der Waals surface area (Å²) in [6.07, 6.45) is 4.52. The van der Waals surface area contributed by atoms with Crippen LogP contribution in [-0.2, 0) is 0 Å². The molecule has 7 nitrogen and oxygen atoms in total. The number of amides is 1. The van der Waals surface area contributed by atoms with E-state index in [-0.39, 0.29) is 11.7 Å². The Morgan fingerprint density at radius 1 is 0.966 bits per heavy atom. The van der Waals surface area contributed by atoms with Crippen LogP contribution in [0.3, 0.4) is 0 Å². The Balaban J connectivity index is 1.67. The molecule has 0 aliphatic rings. The van der Waals surface area contributed by atoms with Crippen molar-refractivity contribution in [3.63, 3.8) is 0 Å². The second kappa shape index (κ2) is 9.27. The zero-order valence-electron chi connectivity index (χ0n) is 16.0. The molecule has 0 atom stereocenters. The van der Waals surface area contributed by atoms with E-state index < -0.39 is 5.97 Å². The number of rotatable bonds is 6. The fourth-order valence-corrected chi connectivity index (χ4v) is 2.43. The number of aromatic nitrogens is 1. The molecule has 0 spiro atoms. The number of benzene rings is 2. The van der Waals surface area contributed by atoms with Gasteiger partial charge in [0.2, 0.25) is 0 Å². The third-order valence-electron chi connectivity index (χ3n) is 4.00. The van der Waals surface area contributed by atoms with E-state index in [1.807, 2.05) is 19.1 Å². The van der Waals surface area contributed by atoms with E-state index in [2.05, 4.69) is 15.5 Å². The van der Waals surface area contributed by atoms with E-state index in [9.17, 15) is 9.59 Å².